The maximum Gasteiger partial charge on any atom is 0.323 e. The number of para-hydroxylation sites is 2. The van der Waals surface area contributed by atoms with E-state index in [0.29, 0.717) is 17.8 Å². The highest BCUT2D eigenvalue weighted by atomic mass is 16.4. The van der Waals surface area contributed by atoms with Gasteiger partial charge in [-0.15, -0.1) is 0 Å². The van der Waals surface area contributed by atoms with E-state index in [2.05, 4.69) is 16.0 Å². The van der Waals surface area contributed by atoms with E-state index in [9.17, 15) is 24.3 Å². The fourth-order valence-electron chi connectivity index (χ4n) is 2.60. The van der Waals surface area contributed by atoms with E-state index < -0.39 is 30.5 Å². The van der Waals surface area contributed by atoms with Crippen LogP contribution in [0.5, 0.6) is 0 Å². The second-order valence-electron chi connectivity index (χ2n) is 6.05. The van der Waals surface area contributed by atoms with Crippen LogP contribution in [0.1, 0.15) is 20.3 Å². The molecule has 4 amide bonds. The van der Waals surface area contributed by atoms with Crippen LogP contribution in [0.25, 0.3) is 0 Å². The molecule has 1 aromatic carbocycles. The zero-order valence-corrected chi connectivity index (χ0v) is 14.6. The van der Waals surface area contributed by atoms with Crippen molar-refractivity contribution >= 4 is 35.2 Å². The number of nitrogens with one attached hydrogen (secondary N) is 3. The van der Waals surface area contributed by atoms with Crippen LogP contribution in [-0.2, 0) is 14.4 Å². The topological polar surface area (TPSA) is 131 Å². The summed E-state index contributed by atoms with van der Waals surface area (Å²) < 4.78 is 0. The molecule has 1 aliphatic rings. The summed E-state index contributed by atoms with van der Waals surface area (Å²) in [6.07, 6.45) is 0.584. The maximum absolute atomic E-state index is 12.7. The summed E-state index contributed by atoms with van der Waals surface area (Å²) in [5.74, 6) is -2.63. The monoisotopic (exact) mass is 361 g/mol. The largest absolute Gasteiger partial charge is 0.548 e. The van der Waals surface area contributed by atoms with E-state index in [4.69, 9.17) is 0 Å². The number of nitrogens with zero attached hydrogens (tertiary/aromatic N) is 1. The second kappa shape index (κ2) is 8.32. The smallest absolute Gasteiger partial charge is 0.323 e. The van der Waals surface area contributed by atoms with E-state index in [0.717, 1.165) is 0 Å². The Morgan fingerprint density at radius 1 is 1.31 bits per heavy atom. The number of hydrogen-bond donors (Lipinski definition) is 3. The molecular weight excluding hydrogens is 340 g/mol. The molecule has 0 saturated heterocycles. The van der Waals surface area contributed by atoms with Gasteiger partial charge in [0.05, 0.1) is 23.9 Å². The molecule has 0 radical (unpaired) electrons. The highest BCUT2D eigenvalue weighted by molar-refractivity contribution is 6.10. The van der Waals surface area contributed by atoms with Crippen LogP contribution < -0.4 is 26.0 Å². The Morgan fingerprint density at radius 3 is 2.65 bits per heavy atom. The summed E-state index contributed by atoms with van der Waals surface area (Å²) in [7, 11) is 0. The number of urea groups is 1. The molecule has 26 heavy (non-hydrogen) atoms. The fourth-order valence-corrected chi connectivity index (χ4v) is 2.60. The van der Waals surface area contributed by atoms with Crippen molar-refractivity contribution in [3.63, 3.8) is 0 Å². The number of anilines is 2. The van der Waals surface area contributed by atoms with Gasteiger partial charge in [-0.25, -0.2) is 4.79 Å². The molecule has 1 aliphatic heterocycles. The number of aliphatic carboxylic acids is 1. The van der Waals surface area contributed by atoms with Gasteiger partial charge in [-0.3, -0.25) is 14.5 Å². The Bertz CT molecular complexity index is 721. The number of benzene rings is 1. The molecule has 0 aromatic heterocycles. The lowest BCUT2D eigenvalue weighted by Crippen LogP contribution is -2.56. The summed E-state index contributed by atoms with van der Waals surface area (Å²) in [6, 6.07) is 5.27. The van der Waals surface area contributed by atoms with E-state index in [1.807, 2.05) is 6.92 Å². The Kier molecular flexibility index (Phi) is 6.16. The predicted molar refractivity (Wildman–Crippen MR) is 92.2 cm³/mol. The normalized spacial score (nSPS) is 15.3. The quantitative estimate of drug-likeness (QED) is 0.625. The molecule has 2 rings (SSSR count). The molecule has 0 aliphatic carbocycles. The Labute approximate surface area is 150 Å². The molecule has 0 spiro atoms. The second-order valence-corrected chi connectivity index (χ2v) is 6.05. The molecule has 140 valence electrons. The third kappa shape index (κ3) is 4.50. The van der Waals surface area contributed by atoms with Crippen LogP contribution in [0.15, 0.2) is 24.3 Å². The highest BCUT2D eigenvalue weighted by Gasteiger charge is 2.31. The maximum atomic E-state index is 12.7. The number of fused-ring (bicyclic) bond motifs is 1. The number of carbonyl (C=O) groups is 4. The number of carboxylic acid groups (broad SMARTS) is 1. The molecule has 1 heterocycles. The minimum absolute atomic E-state index is 0.184. The first-order valence-corrected chi connectivity index (χ1v) is 8.28. The van der Waals surface area contributed by atoms with Crippen LogP contribution in [0.2, 0.25) is 0 Å². The van der Waals surface area contributed by atoms with Gasteiger partial charge in [0.2, 0.25) is 11.8 Å². The molecule has 9 heteroatoms. The van der Waals surface area contributed by atoms with Gasteiger partial charge >= 0.3 is 6.03 Å². The van der Waals surface area contributed by atoms with Crippen molar-refractivity contribution in [2.75, 3.05) is 23.3 Å². The molecule has 0 fully saturated rings. The Balaban J connectivity index is 2.17. The number of rotatable bonds is 6. The highest BCUT2D eigenvalue weighted by Crippen LogP contribution is 2.28. The standard InChI is InChI=1S/C17H22N4O5/c1-3-10(2)15(16(25)18-8-14(23)24)20-17(26)21-9-13(22)19-11-6-4-5-7-12(11)21/h4-7,10,15H,3,8-9H2,1-2H3,(H,18,25)(H,19,22)(H,20,26)(H,23,24)/p-1/t10-,15-/m0/s1. The van der Waals surface area contributed by atoms with Crippen LogP contribution in [0, 0.1) is 5.92 Å². The average molecular weight is 361 g/mol. The molecule has 1 aromatic rings. The van der Waals surface area contributed by atoms with Gasteiger partial charge in [-0.05, 0) is 18.1 Å². The average Bonchev–Trinajstić information content (AvgIpc) is 2.62. The molecule has 0 bridgehead atoms. The van der Waals surface area contributed by atoms with Gasteiger partial charge in [0.1, 0.15) is 12.6 Å². The van der Waals surface area contributed by atoms with Gasteiger partial charge in [0, 0.05) is 0 Å². The van der Waals surface area contributed by atoms with Gasteiger partial charge in [-0.1, -0.05) is 32.4 Å². The number of carbonyl (C=O) groups excluding carboxylic acids is 4. The Morgan fingerprint density at radius 2 is 2.00 bits per heavy atom. The first-order chi connectivity index (χ1) is 12.3. The predicted octanol–water partition coefficient (Wildman–Crippen LogP) is -0.564. The van der Waals surface area contributed by atoms with Crippen molar-refractivity contribution in [2.24, 2.45) is 5.92 Å². The van der Waals surface area contributed by atoms with Crippen molar-refractivity contribution in [2.45, 2.75) is 26.3 Å². The molecular formula is C17H21N4O5-. The fraction of sp³-hybridized carbons (Fsp3) is 0.412. The zero-order chi connectivity index (χ0) is 19.3. The molecule has 9 nitrogen and oxygen atoms in total. The third-order valence-electron chi connectivity index (χ3n) is 4.20. The van der Waals surface area contributed by atoms with Crippen molar-refractivity contribution in [3.8, 4) is 0 Å². The van der Waals surface area contributed by atoms with Crippen LogP contribution in [0.3, 0.4) is 0 Å². The van der Waals surface area contributed by atoms with Gasteiger partial charge < -0.3 is 25.9 Å². The molecule has 2 atom stereocenters. The van der Waals surface area contributed by atoms with Crippen molar-refractivity contribution < 1.29 is 24.3 Å². The third-order valence-corrected chi connectivity index (χ3v) is 4.20. The van der Waals surface area contributed by atoms with E-state index in [1.54, 1.807) is 31.2 Å². The molecule has 3 N–H and O–H groups in total. The number of hydrogen-bond acceptors (Lipinski definition) is 5. The van der Waals surface area contributed by atoms with Gasteiger partial charge in [-0.2, -0.15) is 0 Å². The minimum atomic E-state index is -1.42. The summed E-state index contributed by atoms with van der Waals surface area (Å²) in [6.45, 7) is 2.78. The SMILES string of the molecule is CC[C@H](C)[C@H](NC(=O)N1CC(=O)Nc2ccccc21)C(=O)NCC(=O)[O-]. The van der Waals surface area contributed by atoms with Crippen LogP contribution in [0.4, 0.5) is 16.2 Å². The first-order valence-electron chi connectivity index (χ1n) is 8.28. The number of amides is 4. The zero-order valence-electron chi connectivity index (χ0n) is 14.6. The summed E-state index contributed by atoms with van der Waals surface area (Å²) in [5.41, 5.74) is 1.02. The lowest BCUT2D eigenvalue weighted by atomic mass is 9.98. The Hall–Kier alpha value is -3.10. The van der Waals surface area contributed by atoms with Crippen molar-refractivity contribution in [3.05, 3.63) is 24.3 Å². The van der Waals surface area contributed by atoms with Crippen molar-refractivity contribution in [1.29, 1.82) is 0 Å². The lowest BCUT2D eigenvalue weighted by Gasteiger charge is -2.32. The minimum Gasteiger partial charge on any atom is -0.548 e. The van der Waals surface area contributed by atoms with Gasteiger partial charge in [0.15, 0.2) is 0 Å². The molecule has 0 saturated carbocycles. The van der Waals surface area contributed by atoms with Crippen LogP contribution >= 0.6 is 0 Å². The number of carboxylic acids is 1. The summed E-state index contributed by atoms with van der Waals surface area (Å²) in [5, 5.41) is 18.0. The van der Waals surface area contributed by atoms with E-state index in [1.165, 1.54) is 4.90 Å². The van der Waals surface area contributed by atoms with Crippen LogP contribution in [-0.4, -0.2) is 42.9 Å². The van der Waals surface area contributed by atoms with Gasteiger partial charge in [0.25, 0.3) is 0 Å². The van der Waals surface area contributed by atoms with Crippen molar-refractivity contribution in [1.82, 2.24) is 10.6 Å². The molecule has 0 unspecified atom stereocenters. The lowest BCUT2D eigenvalue weighted by molar-refractivity contribution is -0.304. The first kappa shape index (κ1) is 19.2. The summed E-state index contributed by atoms with van der Waals surface area (Å²) >= 11 is 0. The van der Waals surface area contributed by atoms with E-state index >= 15 is 0 Å². The summed E-state index contributed by atoms with van der Waals surface area (Å²) in [4.78, 5) is 48.6. The van der Waals surface area contributed by atoms with E-state index in [-0.39, 0.29) is 18.4 Å².